The molecular formula is C20H21N3O. The van der Waals surface area contributed by atoms with Gasteiger partial charge in [-0.25, -0.2) is 0 Å². The third-order valence-corrected chi connectivity index (χ3v) is 4.76. The maximum atomic E-state index is 12.2. The van der Waals surface area contributed by atoms with Gasteiger partial charge in [0, 0.05) is 17.8 Å². The van der Waals surface area contributed by atoms with E-state index in [1.165, 1.54) is 23.6 Å². The summed E-state index contributed by atoms with van der Waals surface area (Å²) in [6.45, 7) is 0.279. The van der Waals surface area contributed by atoms with E-state index in [2.05, 4.69) is 40.7 Å². The van der Waals surface area contributed by atoms with Crippen LogP contribution in [0.1, 0.15) is 25.7 Å². The molecule has 1 aliphatic rings. The zero-order valence-electron chi connectivity index (χ0n) is 13.6. The number of nitrogens with zero attached hydrogens (tertiary/aromatic N) is 2. The zero-order valence-corrected chi connectivity index (χ0v) is 13.6. The van der Waals surface area contributed by atoms with Crippen LogP contribution in [0.15, 0.2) is 54.9 Å². The Hall–Kier alpha value is -2.62. The Kier molecular flexibility index (Phi) is 4.03. The van der Waals surface area contributed by atoms with Gasteiger partial charge in [0.05, 0.1) is 6.20 Å². The number of hydrogen-bond acceptors (Lipinski definition) is 2. The lowest BCUT2D eigenvalue weighted by Gasteiger charge is -2.11. The van der Waals surface area contributed by atoms with Crippen LogP contribution in [0.25, 0.3) is 21.9 Å². The van der Waals surface area contributed by atoms with Crippen molar-refractivity contribution in [3.8, 4) is 11.1 Å². The van der Waals surface area contributed by atoms with Crippen molar-refractivity contribution in [3.05, 3.63) is 54.9 Å². The van der Waals surface area contributed by atoms with Gasteiger partial charge >= 0.3 is 0 Å². The summed E-state index contributed by atoms with van der Waals surface area (Å²) in [5.74, 6) is 0.0504. The number of amides is 1. The number of fused-ring (bicyclic) bond motifs is 1. The predicted molar refractivity (Wildman–Crippen MR) is 95.6 cm³/mol. The average Bonchev–Trinajstić information content (AvgIpc) is 3.26. The Morgan fingerprint density at radius 3 is 2.79 bits per heavy atom. The van der Waals surface area contributed by atoms with Crippen LogP contribution in [-0.4, -0.2) is 21.7 Å². The second-order valence-corrected chi connectivity index (χ2v) is 6.50. The molecule has 0 atom stereocenters. The molecule has 1 aromatic heterocycles. The summed E-state index contributed by atoms with van der Waals surface area (Å²) in [5.41, 5.74) is 2.19. The molecule has 1 saturated carbocycles. The first-order valence-corrected chi connectivity index (χ1v) is 8.59. The molecule has 4 rings (SSSR count). The van der Waals surface area contributed by atoms with E-state index in [1.54, 1.807) is 4.68 Å². The molecule has 1 heterocycles. The van der Waals surface area contributed by atoms with Crippen LogP contribution in [0.4, 0.5) is 0 Å². The first-order chi connectivity index (χ1) is 11.8. The van der Waals surface area contributed by atoms with Crippen molar-refractivity contribution in [1.82, 2.24) is 15.1 Å². The van der Waals surface area contributed by atoms with Crippen molar-refractivity contribution >= 4 is 16.7 Å². The molecular weight excluding hydrogens is 298 g/mol. The quantitative estimate of drug-likeness (QED) is 0.796. The van der Waals surface area contributed by atoms with Gasteiger partial charge in [0.2, 0.25) is 5.91 Å². The van der Waals surface area contributed by atoms with Gasteiger partial charge in [0.25, 0.3) is 0 Å². The first-order valence-electron chi connectivity index (χ1n) is 8.59. The van der Waals surface area contributed by atoms with Gasteiger partial charge < -0.3 is 5.32 Å². The molecule has 0 aliphatic heterocycles. The van der Waals surface area contributed by atoms with Crippen molar-refractivity contribution in [1.29, 1.82) is 0 Å². The summed E-state index contributed by atoms with van der Waals surface area (Å²) in [6, 6.07) is 14.9. The van der Waals surface area contributed by atoms with Gasteiger partial charge in [-0.15, -0.1) is 0 Å². The number of nitrogens with one attached hydrogen (secondary N) is 1. The smallest absolute Gasteiger partial charge is 0.241 e. The lowest BCUT2D eigenvalue weighted by atomic mass is 10.0. The molecule has 2 aromatic carbocycles. The summed E-state index contributed by atoms with van der Waals surface area (Å²) < 4.78 is 1.72. The minimum Gasteiger partial charge on any atom is -0.352 e. The van der Waals surface area contributed by atoms with Gasteiger partial charge in [-0.2, -0.15) is 5.10 Å². The third kappa shape index (κ3) is 3.04. The molecule has 0 saturated heterocycles. The van der Waals surface area contributed by atoms with Gasteiger partial charge in [-0.3, -0.25) is 9.48 Å². The van der Waals surface area contributed by atoms with E-state index in [-0.39, 0.29) is 12.5 Å². The molecule has 0 unspecified atom stereocenters. The molecule has 1 amide bonds. The topological polar surface area (TPSA) is 46.9 Å². The number of carbonyl (C=O) groups is 1. The van der Waals surface area contributed by atoms with Crippen LogP contribution >= 0.6 is 0 Å². The summed E-state index contributed by atoms with van der Waals surface area (Å²) in [4.78, 5) is 12.2. The van der Waals surface area contributed by atoms with Crippen molar-refractivity contribution in [2.45, 2.75) is 38.3 Å². The molecule has 122 valence electrons. The van der Waals surface area contributed by atoms with Crippen LogP contribution < -0.4 is 5.32 Å². The normalized spacial score (nSPS) is 15.0. The van der Waals surface area contributed by atoms with Crippen LogP contribution in [0.3, 0.4) is 0 Å². The van der Waals surface area contributed by atoms with Crippen molar-refractivity contribution in [2.24, 2.45) is 0 Å². The third-order valence-electron chi connectivity index (χ3n) is 4.76. The number of rotatable bonds is 4. The predicted octanol–water partition coefficient (Wildman–Crippen LogP) is 3.76. The number of hydrogen-bond donors (Lipinski definition) is 1. The van der Waals surface area contributed by atoms with E-state index in [9.17, 15) is 4.79 Å². The molecule has 3 aromatic rings. The van der Waals surface area contributed by atoms with E-state index in [1.807, 2.05) is 24.5 Å². The molecule has 24 heavy (non-hydrogen) atoms. The Labute approximate surface area is 141 Å². The molecule has 0 radical (unpaired) electrons. The Balaban J connectivity index is 1.52. The molecule has 1 aliphatic carbocycles. The standard InChI is InChI=1S/C20H21N3O/c24-20(22-17-8-2-3-9-17)14-23-13-16(12-21-23)19-11-5-7-15-6-1-4-10-18(15)19/h1,4-7,10-13,17H,2-3,8-9,14H2,(H,22,24). The van der Waals surface area contributed by atoms with Crippen LogP contribution in [-0.2, 0) is 11.3 Å². The minimum absolute atomic E-state index is 0.0504. The highest BCUT2D eigenvalue weighted by Gasteiger charge is 2.17. The number of carbonyl (C=O) groups excluding carboxylic acids is 1. The summed E-state index contributed by atoms with van der Waals surface area (Å²) in [6.07, 6.45) is 8.44. The fourth-order valence-corrected chi connectivity index (χ4v) is 3.56. The van der Waals surface area contributed by atoms with Crippen LogP contribution in [0, 0.1) is 0 Å². The van der Waals surface area contributed by atoms with E-state index in [0.717, 1.165) is 24.0 Å². The van der Waals surface area contributed by atoms with Crippen molar-refractivity contribution in [2.75, 3.05) is 0 Å². The SMILES string of the molecule is O=C(Cn1cc(-c2cccc3ccccc23)cn1)NC1CCCC1. The maximum Gasteiger partial charge on any atom is 0.241 e. The average molecular weight is 319 g/mol. The molecule has 0 bridgehead atoms. The summed E-state index contributed by atoms with van der Waals surface area (Å²) >= 11 is 0. The van der Waals surface area contributed by atoms with Crippen LogP contribution in [0.5, 0.6) is 0 Å². The highest BCUT2D eigenvalue weighted by Crippen LogP contribution is 2.28. The van der Waals surface area contributed by atoms with Crippen LogP contribution in [0.2, 0.25) is 0 Å². The van der Waals surface area contributed by atoms with E-state index < -0.39 is 0 Å². The zero-order chi connectivity index (χ0) is 16.4. The van der Waals surface area contributed by atoms with Gasteiger partial charge in [0.1, 0.15) is 6.54 Å². The highest BCUT2D eigenvalue weighted by molar-refractivity contribution is 5.96. The van der Waals surface area contributed by atoms with E-state index in [4.69, 9.17) is 0 Å². The fourth-order valence-electron chi connectivity index (χ4n) is 3.56. The Morgan fingerprint density at radius 1 is 1.12 bits per heavy atom. The Morgan fingerprint density at radius 2 is 1.92 bits per heavy atom. The number of benzene rings is 2. The molecule has 4 nitrogen and oxygen atoms in total. The van der Waals surface area contributed by atoms with Crippen molar-refractivity contribution < 1.29 is 4.79 Å². The fraction of sp³-hybridized carbons (Fsp3) is 0.300. The van der Waals surface area contributed by atoms with Gasteiger partial charge in [-0.05, 0) is 29.2 Å². The minimum atomic E-state index is 0.0504. The largest absolute Gasteiger partial charge is 0.352 e. The van der Waals surface area contributed by atoms with Crippen molar-refractivity contribution in [3.63, 3.8) is 0 Å². The lowest BCUT2D eigenvalue weighted by molar-refractivity contribution is -0.122. The monoisotopic (exact) mass is 319 g/mol. The summed E-state index contributed by atoms with van der Waals surface area (Å²) in [5, 5.41) is 9.89. The molecule has 1 N–H and O–H groups in total. The molecule has 1 fully saturated rings. The van der Waals surface area contributed by atoms with E-state index in [0.29, 0.717) is 6.04 Å². The molecule has 4 heteroatoms. The van der Waals surface area contributed by atoms with Gasteiger partial charge in [0.15, 0.2) is 0 Å². The molecule has 0 spiro atoms. The number of aromatic nitrogens is 2. The second-order valence-electron chi connectivity index (χ2n) is 6.50. The summed E-state index contributed by atoms with van der Waals surface area (Å²) in [7, 11) is 0. The first kappa shape index (κ1) is 14.9. The maximum absolute atomic E-state index is 12.2. The van der Waals surface area contributed by atoms with E-state index >= 15 is 0 Å². The lowest BCUT2D eigenvalue weighted by Crippen LogP contribution is -2.35. The second kappa shape index (κ2) is 6.48. The Bertz CT molecular complexity index is 857. The highest BCUT2D eigenvalue weighted by atomic mass is 16.2. The van der Waals surface area contributed by atoms with Gasteiger partial charge in [-0.1, -0.05) is 55.3 Å².